The van der Waals surface area contributed by atoms with E-state index >= 15 is 0 Å². The number of nitrogens with two attached hydrogens (primary N) is 1. The molecule has 150 valence electrons. The average Bonchev–Trinajstić information content (AvgIpc) is 2.68. The van der Waals surface area contributed by atoms with Crippen LogP contribution in [-0.2, 0) is 11.3 Å². The van der Waals surface area contributed by atoms with E-state index in [0.29, 0.717) is 13.2 Å². The summed E-state index contributed by atoms with van der Waals surface area (Å²) in [5.41, 5.74) is 7.98. The number of nitrogens with one attached hydrogen (secondary N) is 1. The van der Waals surface area contributed by atoms with Gasteiger partial charge in [0.15, 0.2) is 11.7 Å². The van der Waals surface area contributed by atoms with Crippen LogP contribution in [0.4, 0.5) is 24.5 Å². The zero-order valence-corrected chi connectivity index (χ0v) is 15.1. The molecule has 9 heteroatoms. The Morgan fingerprint density at radius 1 is 1.11 bits per heavy atom. The van der Waals surface area contributed by atoms with Crippen LogP contribution in [0.3, 0.4) is 0 Å². The van der Waals surface area contributed by atoms with E-state index in [2.05, 4.69) is 19.9 Å². The van der Waals surface area contributed by atoms with Crippen LogP contribution in [0, 0.1) is 0 Å². The lowest BCUT2D eigenvalue weighted by atomic mass is 10.1. The summed E-state index contributed by atoms with van der Waals surface area (Å²) >= 11 is 0. The summed E-state index contributed by atoms with van der Waals surface area (Å²) in [6.45, 7) is 3.19. The van der Waals surface area contributed by atoms with Gasteiger partial charge in [0.1, 0.15) is 0 Å². The van der Waals surface area contributed by atoms with Gasteiger partial charge in [0, 0.05) is 18.8 Å². The van der Waals surface area contributed by atoms with Gasteiger partial charge >= 0.3 is 6.36 Å². The van der Waals surface area contributed by atoms with Crippen LogP contribution in [0.25, 0.3) is 0 Å². The Labute approximate surface area is 160 Å². The van der Waals surface area contributed by atoms with Crippen molar-refractivity contribution in [1.29, 1.82) is 0 Å². The van der Waals surface area contributed by atoms with Crippen molar-refractivity contribution < 1.29 is 22.6 Å². The number of rotatable bonds is 5. The van der Waals surface area contributed by atoms with Gasteiger partial charge in [-0.15, -0.1) is 13.2 Å². The highest BCUT2D eigenvalue weighted by molar-refractivity contribution is 5.93. The number of morpholine rings is 1. The maximum Gasteiger partial charge on any atom is 0.573 e. The average molecular weight is 394 g/mol. The van der Waals surface area contributed by atoms with Gasteiger partial charge in [-0.25, -0.2) is 4.99 Å². The highest BCUT2D eigenvalue weighted by Gasteiger charge is 2.32. The Kier molecular flexibility index (Phi) is 6.25. The monoisotopic (exact) mass is 394 g/mol. The topological polar surface area (TPSA) is 72.1 Å². The van der Waals surface area contributed by atoms with E-state index in [1.807, 2.05) is 24.3 Å². The number of guanidine groups is 1. The van der Waals surface area contributed by atoms with Crippen molar-refractivity contribution >= 4 is 17.3 Å². The van der Waals surface area contributed by atoms with Crippen LogP contribution in [0.5, 0.6) is 5.75 Å². The first-order chi connectivity index (χ1) is 13.4. The quantitative estimate of drug-likeness (QED) is 0.601. The third-order valence-electron chi connectivity index (χ3n) is 4.14. The smallest absolute Gasteiger partial charge is 0.404 e. The number of anilines is 2. The molecule has 0 amide bonds. The molecule has 0 aliphatic carbocycles. The number of aliphatic imine (C=N–C) groups is 1. The van der Waals surface area contributed by atoms with Gasteiger partial charge in [-0.1, -0.05) is 30.3 Å². The van der Waals surface area contributed by atoms with Gasteiger partial charge in [-0.2, -0.15) is 0 Å². The van der Waals surface area contributed by atoms with E-state index < -0.39 is 6.36 Å². The molecule has 3 N–H and O–H groups in total. The Morgan fingerprint density at radius 3 is 2.54 bits per heavy atom. The summed E-state index contributed by atoms with van der Waals surface area (Å²) in [4.78, 5) is 6.48. The number of para-hydroxylation sites is 3. The highest BCUT2D eigenvalue weighted by atomic mass is 19.4. The number of benzene rings is 2. The second kappa shape index (κ2) is 8.83. The largest absolute Gasteiger partial charge is 0.573 e. The van der Waals surface area contributed by atoms with E-state index in [4.69, 9.17) is 10.5 Å². The van der Waals surface area contributed by atoms with Gasteiger partial charge in [0.2, 0.25) is 0 Å². The van der Waals surface area contributed by atoms with E-state index in [-0.39, 0.29) is 23.9 Å². The van der Waals surface area contributed by atoms with Crippen LogP contribution in [0.15, 0.2) is 53.5 Å². The molecule has 2 aromatic carbocycles. The fourth-order valence-corrected chi connectivity index (χ4v) is 2.89. The molecule has 1 aliphatic rings. The summed E-state index contributed by atoms with van der Waals surface area (Å²) in [5.74, 6) is -0.378. The molecule has 1 saturated heterocycles. The normalized spacial score (nSPS) is 15.4. The van der Waals surface area contributed by atoms with Crippen molar-refractivity contribution in [2.75, 3.05) is 36.5 Å². The molecule has 6 nitrogen and oxygen atoms in total. The highest BCUT2D eigenvalue weighted by Crippen LogP contribution is 2.30. The molecule has 28 heavy (non-hydrogen) atoms. The van der Waals surface area contributed by atoms with Crippen LogP contribution in [0.2, 0.25) is 0 Å². The standard InChI is InChI=1S/C19H21F3N4O2/c20-19(21,22)28-17-8-4-2-6-15(17)25-18(23)24-13-14-5-1-3-7-16(14)26-9-11-27-12-10-26/h1-8H,9-13H2,(H3,23,24,25). The minimum absolute atomic E-state index is 0.00462. The van der Waals surface area contributed by atoms with E-state index in [1.165, 1.54) is 18.2 Å². The van der Waals surface area contributed by atoms with Crippen molar-refractivity contribution in [3.05, 3.63) is 54.1 Å². The lowest BCUT2D eigenvalue weighted by Gasteiger charge is -2.30. The van der Waals surface area contributed by atoms with E-state index in [0.717, 1.165) is 24.3 Å². The lowest BCUT2D eigenvalue weighted by Crippen LogP contribution is -2.36. The third kappa shape index (κ3) is 5.53. The first kappa shape index (κ1) is 19.8. The maximum absolute atomic E-state index is 12.5. The Hall–Kier alpha value is -2.94. The van der Waals surface area contributed by atoms with Gasteiger partial charge < -0.3 is 25.4 Å². The van der Waals surface area contributed by atoms with Crippen molar-refractivity contribution in [3.8, 4) is 5.75 Å². The molecule has 0 bridgehead atoms. The molecule has 0 unspecified atom stereocenters. The number of nitrogens with zero attached hydrogens (tertiary/aromatic N) is 2. The summed E-state index contributed by atoms with van der Waals surface area (Å²) in [6.07, 6.45) is -4.79. The Balaban J connectivity index is 1.71. The third-order valence-corrected chi connectivity index (χ3v) is 4.14. The zero-order valence-electron chi connectivity index (χ0n) is 15.1. The molecule has 0 aromatic heterocycles. The van der Waals surface area contributed by atoms with Gasteiger partial charge in [0.25, 0.3) is 0 Å². The lowest BCUT2D eigenvalue weighted by molar-refractivity contribution is -0.274. The maximum atomic E-state index is 12.5. The second-order valence-electron chi connectivity index (χ2n) is 6.10. The summed E-state index contributed by atoms with van der Waals surface area (Å²) in [7, 11) is 0. The minimum Gasteiger partial charge on any atom is -0.404 e. The summed E-state index contributed by atoms with van der Waals surface area (Å²) < 4.78 is 47.0. The fourth-order valence-electron chi connectivity index (χ4n) is 2.89. The van der Waals surface area contributed by atoms with Crippen molar-refractivity contribution in [1.82, 2.24) is 0 Å². The van der Waals surface area contributed by atoms with Crippen LogP contribution >= 0.6 is 0 Å². The van der Waals surface area contributed by atoms with Gasteiger partial charge in [-0.05, 0) is 23.8 Å². The Bertz CT molecular complexity index is 821. The van der Waals surface area contributed by atoms with Crippen LogP contribution in [0.1, 0.15) is 5.56 Å². The van der Waals surface area contributed by atoms with Crippen molar-refractivity contribution in [2.24, 2.45) is 10.7 Å². The zero-order chi connectivity index (χ0) is 20.0. The SMILES string of the molecule is NC(=NCc1ccccc1N1CCOCC1)Nc1ccccc1OC(F)(F)F. The molecule has 1 heterocycles. The molecular weight excluding hydrogens is 373 g/mol. The molecule has 0 radical (unpaired) electrons. The summed E-state index contributed by atoms with van der Waals surface area (Å²) in [5, 5.41) is 2.67. The molecule has 0 saturated carbocycles. The summed E-state index contributed by atoms with van der Waals surface area (Å²) in [6, 6.07) is 13.5. The van der Waals surface area contributed by atoms with Gasteiger partial charge in [-0.3, -0.25) is 0 Å². The molecule has 1 fully saturated rings. The van der Waals surface area contributed by atoms with Gasteiger partial charge in [0.05, 0.1) is 25.4 Å². The molecular formula is C19H21F3N4O2. The van der Waals surface area contributed by atoms with Crippen molar-refractivity contribution in [2.45, 2.75) is 12.9 Å². The molecule has 2 aromatic rings. The second-order valence-corrected chi connectivity index (χ2v) is 6.10. The molecule has 1 aliphatic heterocycles. The Morgan fingerprint density at radius 2 is 1.79 bits per heavy atom. The number of hydrogen-bond donors (Lipinski definition) is 2. The number of alkyl halides is 3. The number of hydrogen-bond acceptors (Lipinski definition) is 4. The fraction of sp³-hybridized carbons (Fsp3) is 0.316. The first-order valence-electron chi connectivity index (χ1n) is 8.75. The van der Waals surface area contributed by atoms with Crippen LogP contribution < -0.4 is 20.7 Å². The molecule has 0 atom stereocenters. The minimum atomic E-state index is -4.79. The molecule has 3 rings (SSSR count). The molecule has 0 spiro atoms. The predicted molar refractivity (Wildman–Crippen MR) is 102 cm³/mol. The number of ether oxygens (including phenoxy) is 2. The first-order valence-corrected chi connectivity index (χ1v) is 8.75. The predicted octanol–water partition coefficient (Wildman–Crippen LogP) is 3.35. The van der Waals surface area contributed by atoms with Crippen LogP contribution in [-0.4, -0.2) is 38.6 Å². The number of halogens is 3. The van der Waals surface area contributed by atoms with E-state index in [9.17, 15) is 13.2 Å². The van der Waals surface area contributed by atoms with Crippen molar-refractivity contribution in [3.63, 3.8) is 0 Å². The van der Waals surface area contributed by atoms with E-state index in [1.54, 1.807) is 6.07 Å².